The largest absolute Gasteiger partial charge is 0.336 e. The third-order valence-electron chi connectivity index (χ3n) is 4.95. The van der Waals surface area contributed by atoms with Crippen LogP contribution in [0.15, 0.2) is 109 Å². The number of para-hydroxylation sites is 2. The van der Waals surface area contributed by atoms with Crippen molar-refractivity contribution in [2.45, 2.75) is 26.3 Å². The summed E-state index contributed by atoms with van der Waals surface area (Å²) >= 11 is 0. The summed E-state index contributed by atoms with van der Waals surface area (Å²) in [6.07, 6.45) is 0. The minimum Gasteiger partial charge on any atom is -0.336 e. The molecule has 1 nitrogen and oxygen atoms in total. The van der Waals surface area contributed by atoms with Crippen LogP contribution >= 0.6 is 0 Å². The van der Waals surface area contributed by atoms with Crippen LogP contribution in [0.5, 0.6) is 0 Å². The Bertz CT molecular complexity index is 1920. The molecule has 0 aromatic heterocycles. The Balaban J connectivity index is 2.40. The molecular formula is C28H27NSi. The van der Waals surface area contributed by atoms with Crippen LogP contribution in [-0.4, -0.2) is 13.6 Å². The number of benzene rings is 4. The van der Waals surface area contributed by atoms with Gasteiger partial charge in [-0.05, 0) is 53.6 Å². The van der Waals surface area contributed by atoms with Gasteiger partial charge in [-0.25, -0.2) is 0 Å². The lowest BCUT2D eigenvalue weighted by Crippen LogP contribution is -2.78. The molecule has 0 saturated heterocycles. The molecule has 0 saturated carbocycles. The molecule has 0 fully saturated rings. The van der Waals surface area contributed by atoms with E-state index in [9.17, 15) is 2.74 Å². The normalized spacial score (nSPS) is 23.1. The first kappa shape index (κ1) is 7.54. The molecule has 0 N–H and O–H groups in total. The van der Waals surface area contributed by atoms with Gasteiger partial charge in [-0.15, -0.1) is 0 Å². The van der Waals surface area contributed by atoms with Crippen LogP contribution in [0, 0.1) is 0 Å². The molecule has 30 heavy (non-hydrogen) atoms. The van der Waals surface area contributed by atoms with Gasteiger partial charge in [-0.1, -0.05) is 96.7 Å². The van der Waals surface area contributed by atoms with E-state index in [2.05, 4.69) is 0 Å². The van der Waals surface area contributed by atoms with Gasteiger partial charge in [0.25, 0.3) is 0 Å². The van der Waals surface area contributed by atoms with E-state index >= 15 is 0 Å². The van der Waals surface area contributed by atoms with E-state index in [-0.39, 0.29) is 11.4 Å². The molecular weight excluding hydrogens is 378 g/mol. The number of nitrogens with zero attached hydrogens (tertiary/aromatic N) is 1. The zero-order valence-electron chi connectivity index (χ0n) is 34.4. The third-order valence-corrected chi connectivity index (χ3v) is 9.18. The van der Waals surface area contributed by atoms with Gasteiger partial charge < -0.3 is 4.90 Å². The van der Waals surface area contributed by atoms with Crippen LogP contribution in [-0.2, 0) is 0 Å². The molecule has 148 valence electrons. The Morgan fingerprint density at radius 3 is 1.33 bits per heavy atom. The molecule has 0 amide bonds. The summed E-state index contributed by atoms with van der Waals surface area (Å²) < 4.78 is 159. The molecule has 5 rings (SSSR count). The van der Waals surface area contributed by atoms with Crippen molar-refractivity contribution in [3.63, 3.8) is 0 Å². The average molecular weight is 424 g/mol. The highest BCUT2D eigenvalue weighted by Crippen LogP contribution is 2.36. The van der Waals surface area contributed by atoms with Crippen molar-refractivity contribution in [1.29, 1.82) is 0 Å². The van der Waals surface area contributed by atoms with E-state index in [1.165, 1.54) is 4.90 Å². The highest BCUT2D eigenvalue weighted by Gasteiger charge is 2.49. The quantitative estimate of drug-likeness (QED) is 0.434. The maximum atomic E-state index is 9.32. The van der Waals surface area contributed by atoms with Gasteiger partial charge in [0.05, 0.1) is 24.7 Å². The lowest BCUT2D eigenvalue weighted by molar-refractivity contribution is 0.561. The van der Waals surface area contributed by atoms with Gasteiger partial charge >= 0.3 is 0 Å². The lowest BCUT2D eigenvalue weighted by atomic mass is 10.0. The zero-order valence-corrected chi connectivity index (χ0v) is 17.4. The lowest BCUT2D eigenvalue weighted by Gasteiger charge is -2.49. The van der Waals surface area contributed by atoms with E-state index in [0.29, 0.717) is 0 Å². The second-order valence-electron chi connectivity index (χ2n) is 7.70. The summed E-state index contributed by atoms with van der Waals surface area (Å²) in [6.45, 7) is 4.81. The van der Waals surface area contributed by atoms with E-state index in [0.717, 1.165) is 0 Å². The standard InChI is InChI=1S/C28H27NSi/c1-28(2,3)29-24-18-10-12-20-26(24)30(22-14-6-4-7-15-22,23-16-8-5-9-17-23)27-21-13-11-19-25(27)29/h4-21H,1-3H3/i4D,5D,6D,7D,8D,9D,10D,11D,12D,13D,14D,15D,16D,17D,18D,19D,20D,21D. The fraction of sp³-hybridized carbons (Fsp3) is 0.143. The van der Waals surface area contributed by atoms with Crippen molar-refractivity contribution < 1.29 is 24.7 Å². The van der Waals surface area contributed by atoms with Gasteiger partial charge in [-0.3, -0.25) is 0 Å². The summed E-state index contributed by atoms with van der Waals surface area (Å²) in [5, 5.41) is -2.37. The molecule has 4 aromatic rings. The molecule has 0 unspecified atom stereocenters. The van der Waals surface area contributed by atoms with Crippen LogP contribution in [0.25, 0.3) is 0 Å². The topological polar surface area (TPSA) is 3.24 Å². The first-order valence-corrected chi connectivity index (χ1v) is 11.2. The molecule has 0 spiro atoms. The number of hydrogen-bond acceptors (Lipinski definition) is 1. The predicted molar refractivity (Wildman–Crippen MR) is 132 cm³/mol. The second kappa shape index (κ2) is 7.00. The highest BCUT2D eigenvalue weighted by molar-refractivity contribution is 7.21. The molecule has 1 aliphatic heterocycles. The SMILES string of the molecule is [2H]c1c([2H])c([2H])c([Si]2(c3c([2H])c([2H])c([2H])c([2H])c3[2H])c3c([2H])c([2H])c([2H])c([2H])c3N(C(C)(C)C)c3c([2H])c([2H])c([2H])c([2H])c32)c([2H])c1[2H]. The van der Waals surface area contributed by atoms with Crippen LogP contribution in [0.1, 0.15) is 45.4 Å². The third kappa shape index (κ3) is 2.68. The molecule has 0 atom stereocenters. The van der Waals surface area contributed by atoms with Crippen LogP contribution in [0.4, 0.5) is 11.4 Å². The van der Waals surface area contributed by atoms with E-state index < -0.39 is 143 Å². The van der Waals surface area contributed by atoms with Gasteiger partial charge in [0.1, 0.15) is 0 Å². The summed E-state index contributed by atoms with van der Waals surface area (Å²) in [5.74, 6) is 0. The Kier molecular flexibility index (Phi) is 1.76. The van der Waals surface area contributed by atoms with Gasteiger partial charge in [-0.2, -0.15) is 0 Å². The van der Waals surface area contributed by atoms with Crippen LogP contribution in [0.2, 0.25) is 0 Å². The second-order valence-corrected chi connectivity index (χ2v) is 11.2. The zero-order chi connectivity index (χ0) is 36.4. The number of rotatable bonds is 2. The molecule has 2 heteroatoms. The summed E-state index contributed by atoms with van der Waals surface area (Å²) in [5.41, 5.74) is -1.98. The Morgan fingerprint density at radius 1 is 0.567 bits per heavy atom. The fourth-order valence-corrected chi connectivity index (χ4v) is 7.96. The smallest absolute Gasteiger partial charge is 0.183 e. The highest BCUT2D eigenvalue weighted by atomic mass is 28.3. The van der Waals surface area contributed by atoms with E-state index in [1.807, 2.05) is 0 Å². The molecule has 0 bridgehead atoms. The number of anilines is 2. The minimum atomic E-state index is -5.47. The molecule has 1 heterocycles. The van der Waals surface area contributed by atoms with Crippen LogP contribution in [0.3, 0.4) is 0 Å². The number of hydrogen-bond donors (Lipinski definition) is 0. The van der Waals surface area contributed by atoms with Gasteiger partial charge in [0, 0.05) is 16.9 Å². The van der Waals surface area contributed by atoms with E-state index in [4.69, 9.17) is 21.9 Å². The molecule has 1 aliphatic rings. The minimum absolute atomic E-state index is 0.378. The Morgan fingerprint density at radius 2 is 0.933 bits per heavy atom. The number of fused-ring (bicyclic) bond motifs is 2. The Hall–Kier alpha value is -3.10. The Labute approximate surface area is 205 Å². The fourth-order valence-electron chi connectivity index (χ4n) is 3.90. The first-order valence-electron chi connectivity index (χ1n) is 18.2. The maximum absolute atomic E-state index is 9.32. The summed E-state index contributed by atoms with van der Waals surface area (Å²) in [7, 11) is -5.47. The van der Waals surface area contributed by atoms with Crippen molar-refractivity contribution in [2.75, 3.05) is 4.90 Å². The van der Waals surface area contributed by atoms with Gasteiger partial charge in [0.15, 0.2) is 8.07 Å². The van der Waals surface area contributed by atoms with Gasteiger partial charge in [0.2, 0.25) is 0 Å². The molecule has 4 aromatic carbocycles. The van der Waals surface area contributed by atoms with Crippen LogP contribution < -0.4 is 25.6 Å². The predicted octanol–water partition coefficient (Wildman–Crippen LogP) is 4.31. The van der Waals surface area contributed by atoms with Crippen molar-refractivity contribution in [2.24, 2.45) is 0 Å². The van der Waals surface area contributed by atoms with Crippen molar-refractivity contribution in [3.8, 4) is 0 Å². The van der Waals surface area contributed by atoms with Crippen molar-refractivity contribution in [1.82, 2.24) is 0 Å². The molecule has 0 radical (unpaired) electrons. The van der Waals surface area contributed by atoms with Crippen molar-refractivity contribution >= 4 is 40.2 Å². The average Bonchev–Trinajstić information content (AvgIpc) is 3.02. The first-order chi connectivity index (χ1) is 22.0. The molecule has 0 aliphatic carbocycles. The van der Waals surface area contributed by atoms with E-state index in [1.54, 1.807) is 20.8 Å². The monoisotopic (exact) mass is 423 g/mol. The van der Waals surface area contributed by atoms with Crippen molar-refractivity contribution in [3.05, 3.63) is 109 Å². The summed E-state index contributed by atoms with van der Waals surface area (Å²) in [6, 6.07) is -15.4. The summed E-state index contributed by atoms with van der Waals surface area (Å²) in [4.78, 5) is 1.27. The maximum Gasteiger partial charge on any atom is 0.183 e.